The predicted octanol–water partition coefficient (Wildman–Crippen LogP) is 4.27. The zero-order valence-electron chi connectivity index (χ0n) is 23.6. The molecule has 1 aliphatic rings. The second-order valence-corrected chi connectivity index (χ2v) is 11.0. The van der Waals surface area contributed by atoms with Gasteiger partial charge < -0.3 is 22.1 Å². The van der Waals surface area contributed by atoms with Gasteiger partial charge in [-0.1, -0.05) is 97.6 Å². The minimum absolute atomic E-state index is 0.000610. The molecule has 1 unspecified atom stereocenters. The summed E-state index contributed by atoms with van der Waals surface area (Å²) in [5.41, 5.74) is 16.2. The fourth-order valence-corrected chi connectivity index (χ4v) is 5.52. The third-order valence-corrected chi connectivity index (χ3v) is 7.90. The molecule has 214 valence electrons. The fourth-order valence-electron chi connectivity index (χ4n) is 5.52. The number of hydrogen-bond acceptors (Lipinski definition) is 4. The van der Waals surface area contributed by atoms with E-state index >= 15 is 0 Å². The van der Waals surface area contributed by atoms with Gasteiger partial charge in [0.2, 0.25) is 11.8 Å². The highest BCUT2D eigenvalue weighted by Crippen LogP contribution is 2.28. The third kappa shape index (κ3) is 8.03. The monoisotopic (exact) mass is 552 g/mol. The van der Waals surface area contributed by atoms with E-state index in [1.807, 2.05) is 55.5 Å². The van der Waals surface area contributed by atoms with E-state index in [1.54, 1.807) is 24.3 Å². The van der Waals surface area contributed by atoms with Gasteiger partial charge in [0.05, 0.1) is 5.92 Å². The summed E-state index contributed by atoms with van der Waals surface area (Å²) >= 11 is 0. The SMILES string of the molecule is Cc1cccc(C(Cc2ccc(C(=N)N)cc2)C(=O)N[C@H](C(=O)NCc2ccc(C(=N)N)cc2)C2CCCCC2)c1. The molecule has 0 spiro atoms. The Balaban J connectivity index is 1.54. The molecule has 8 heteroatoms. The zero-order valence-corrected chi connectivity index (χ0v) is 23.6. The second-order valence-electron chi connectivity index (χ2n) is 11.0. The van der Waals surface area contributed by atoms with Crippen LogP contribution in [-0.2, 0) is 22.6 Å². The van der Waals surface area contributed by atoms with Crippen molar-refractivity contribution < 1.29 is 9.59 Å². The highest BCUT2D eigenvalue weighted by Gasteiger charge is 2.33. The number of benzene rings is 3. The van der Waals surface area contributed by atoms with Crippen LogP contribution in [0.5, 0.6) is 0 Å². The second kappa shape index (κ2) is 13.7. The van der Waals surface area contributed by atoms with E-state index in [9.17, 15) is 9.59 Å². The Hall–Kier alpha value is -4.46. The van der Waals surface area contributed by atoms with Crippen molar-refractivity contribution in [1.29, 1.82) is 10.8 Å². The Morgan fingerprint density at radius 2 is 1.41 bits per heavy atom. The predicted molar refractivity (Wildman–Crippen MR) is 163 cm³/mol. The third-order valence-electron chi connectivity index (χ3n) is 7.90. The first-order chi connectivity index (χ1) is 19.7. The van der Waals surface area contributed by atoms with E-state index in [1.165, 1.54) is 0 Å². The van der Waals surface area contributed by atoms with Gasteiger partial charge in [-0.05, 0) is 48.8 Å². The van der Waals surface area contributed by atoms with Gasteiger partial charge in [0.25, 0.3) is 0 Å². The highest BCUT2D eigenvalue weighted by molar-refractivity contribution is 5.95. The normalized spacial score (nSPS) is 15.0. The summed E-state index contributed by atoms with van der Waals surface area (Å²) in [7, 11) is 0. The quantitative estimate of drug-likeness (QED) is 0.155. The number of amidine groups is 2. The topological polar surface area (TPSA) is 158 Å². The molecule has 0 saturated heterocycles. The van der Waals surface area contributed by atoms with Crippen molar-refractivity contribution in [2.24, 2.45) is 17.4 Å². The van der Waals surface area contributed by atoms with E-state index < -0.39 is 12.0 Å². The van der Waals surface area contributed by atoms with Crippen LogP contribution in [0.2, 0.25) is 0 Å². The van der Waals surface area contributed by atoms with E-state index in [0.717, 1.165) is 54.4 Å². The van der Waals surface area contributed by atoms with Crippen LogP contribution < -0.4 is 22.1 Å². The van der Waals surface area contributed by atoms with Crippen LogP contribution in [-0.4, -0.2) is 29.5 Å². The highest BCUT2D eigenvalue weighted by atomic mass is 16.2. The minimum atomic E-state index is -0.633. The maximum Gasteiger partial charge on any atom is 0.243 e. The zero-order chi connectivity index (χ0) is 29.4. The maximum absolute atomic E-state index is 14.0. The molecule has 3 aromatic rings. The van der Waals surface area contributed by atoms with E-state index in [-0.39, 0.29) is 29.4 Å². The number of rotatable bonds is 11. The van der Waals surface area contributed by atoms with Crippen molar-refractivity contribution in [2.75, 3.05) is 0 Å². The molecule has 3 aromatic carbocycles. The molecular formula is C33H40N6O2. The van der Waals surface area contributed by atoms with Crippen molar-refractivity contribution in [2.45, 2.75) is 64.0 Å². The lowest BCUT2D eigenvalue weighted by Gasteiger charge is -2.31. The first-order valence-electron chi connectivity index (χ1n) is 14.2. The van der Waals surface area contributed by atoms with E-state index in [4.69, 9.17) is 22.3 Å². The lowest BCUT2D eigenvalue weighted by atomic mass is 9.82. The Morgan fingerprint density at radius 3 is 1.98 bits per heavy atom. The average Bonchev–Trinajstić information content (AvgIpc) is 2.98. The van der Waals surface area contributed by atoms with Gasteiger partial charge in [-0.2, -0.15) is 0 Å². The molecule has 1 aliphatic carbocycles. The van der Waals surface area contributed by atoms with Crippen LogP contribution in [0.1, 0.15) is 71.4 Å². The molecule has 2 amide bonds. The summed E-state index contributed by atoms with van der Waals surface area (Å²) in [6.45, 7) is 2.32. The summed E-state index contributed by atoms with van der Waals surface area (Å²) < 4.78 is 0. The first-order valence-corrected chi connectivity index (χ1v) is 14.2. The van der Waals surface area contributed by atoms with Gasteiger partial charge in [-0.15, -0.1) is 0 Å². The number of hydrogen-bond donors (Lipinski definition) is 6. The number of aryl methyl sites for hydroxylation is 1. The van der Waals surface area contributed by atoms with Crippen LogP contribution >= 0.6 is 0 Å². The summed E-state index contributed by atoms with van der Waals surface area (Å²) in [5, 5.41) is 21.4. The van der Waals surface area contributed by atoms with Crippen LogP contribution in [0, 0.1) is 23.7 Å². The molecule has 0 radical (unpaired) electrons. The summed E-state index contributed by atoms with van der Waals surface area (Å²) in [5.74, 6) is -0.784. The van der Waals surface area contributed by atoms with Crippen LogP contribution in [0.15, 0.2) is 72.8 Å². The number of carbonyl (C=O) groups excluding carboxylic acids is 2. The van der Waals surface area contributed by atoms with Gasteiger partial charge >= 0.3 is 0 Å². The molecule has 0 heterocycles. The number of nitrogens with one attached hydrogen (secondary N) is 4. The van der Waals surface area contributed by atoms with Crippen molar-refractivity contribution >= 4 is 23.5 Å². The molecule has 0 bridgehead atoms. The molecule has 0 aliphatic heterocycles. The number of amides is 2. The number of nitrogen functional groups attached to an aromatic ring is 2. The Bertz CT molecular complexity index is 1380. The Morgan fingerprint density at radius 1 is 0.829 bits per heavy atom. The summed E-state index contributed by atoms with van der Waals surface area (Å²) in [6.07, 6.45) is 5.47. The molecule has 41 heavy (non-hydrogen) atoms. The average molecular weight is 553 g/mol. The summed E-state index contributed by atoms with van der Waals surface area (Å²) in [4.78, 5) is 27.6. The lowest BCUT2D eigenvalue weighted by Crippen LogP contribution is -2.52. The largest absolute Gasteiger partial charge is 0.384 e. The van der Waals surface area contributed by atoms with Gasteiger partial charge in [0.15, 0.2) is 0 Å². The number of carbonyl (C=O) groups is 2. The van der Waals surface area contributed by atoms with Crippen LogP contribution in [0.4, 0.5) is 0 Å². The van der Waals surface area contributed by atoms with Crippen molar-refractivity contribution in [1.82, 2.24) is 10.6 Å². The molecule has 1 saturated carbocycles. The smallest absolute Gasteiger partial charge is 0.243 e. The molecule has 0 aromatic heterocycles. The van der Waals surface area contributed by atoms with Gasteiger partial charge in [-0.25, -0.2) is 0 Å². The Labute approximate surface area is 241 Å². The van der Waals surface area contributed by atoms with Crippen molar-refractivity contribution in [3.8, 4) is 0 Å². The lowest BCUT2D eigenvalue weighted by molar-refractivity contribution is -0.131. The molecule has 8 N–H and O–H groups in total. The fraction of sp³-hybridized carbons (Fsp3) is 0.333. The molecular weight excluding hydrogens is 512 g/mol. The number of nitrogens with two attached hydrogens (primary N) is 2. The van der Waals surface area contributed by atoms with Gasteiger partial charge in [-0.3, -0.25) is 20.4 Å². The van der Waals surface area contributed by atoms with Crippen LogP contribution in [0.3, 0.4) is 0 Å². The first kappa shape index (κ1) is 29.5. The molecule has 2 atom stereocenters. The molecule has 1 fully saturated rings. The van der Waals surface area contributed by atoms with E-state index in [0.29, 0.717) is 24.1 Å². The minimum Gasteiger partial charge on any atom is -0.384 e. The molecule has 8 nitrogen and oxygen atoms in total. The van der Waals surface area contributed by atoms with Crippen molar-refractivity contribution in [3.63, 3.8) is 0 Å². The van der Waals surface area contributed by atoms with E-state index in [2.05, 4.69) is 10.6 Å². The summed E-state index contributed by atoms with van der Waals surface area (Å²) in [6, 6.07) is 21.9. The van der Waals surface area contributed by atoms with Crippen molar-refractivity contribution in [3.05, 3.63) is 106 Å². The van der Waals surface area contributed by atoms with Crippen LogP contribution in [0.25, 0.3) is 0 Å². The van der Waals surface area contributed by atoms with Gasteiger partial charge in [0, 0.05) is 17.7 Å². The standard InChI is InChI=1S/C33H40N6O2/c1-21-6-5-9-27(18-21)28(19-22-10-14-25(15-11-22)30(34)35)32(40)39-29(24-7-3-2-4-8-24)33(41)38-20-23-12-16-26(17-13-23)31(36)37/h5-6,9-18,24,28-29H,2-4,7-8,19-20H2,1H3,(H3,34,35)(H3,36,37)(H,38,41)(H,39,40)/t28?,29-/m0/s1. The van der Waals surface area contributed by atoms with Gasteiger partial charge in [0.1, 0.15) is 17.7 Å². The Kier molecular flexibility index (Phi) is 9.90. The molecule has 4 rings (SSSR count). The maximum atomic E-state index is 14.0.